The predicted octanol–water partition coefficient (Wildman–Crippen LogP) is 4.26. The maximum absolute atomic E-state index is 9.34. The Hall–Kier alpha value is -1.02. The van der Waals surface area contributed by atoms with Gasteiger partial charge in [-0.3, -0.25) is 0 Å². The van der Waals surface area contributed by atoms with Gasteiger partial charge >= 0.3 is 0 Å². The van der Waals surface area contributed by atoms with E-state index in [-0.39, 0.29) is 0 Å². The summed E-state index contributed by atoms with van der Waals surface area (Å²) in [4.78, 5) is 0. The normalized spacial score (nSPS) is 14.7. The van der Waals surface area contributed by atoms with E-state index in [4.69, 9.17) is 0 Å². The second-order valence-corrected chi connectivity index (χ2v) is 5.08. The van der Waals surface area contributed by atoms with Crippen LogP contribution in [0.4, 0.5) is 0 Å². The number of nitrogens with one attached hydrogen (secondary N) is 1. The highest BCUT2D eigenvalue weighted by atomic mass is 16.3. The van der Waals surface area contributed by atoms with Crippen LogP contribution in [0.5, 0.6) is 5.75 Å². The molecule has 1 rings (SSSR count). The zero-order chi connectivity index (χ0) is 13.5. The Bertz CT molecular complexity index is 329. The molecular weight excluding hydrogens is 222 g/mol. The first kappa shape index (κ1) is 15.0. The molecule has 2 N–H and O–H groups in total. The van der Waals surface area contributed by atoms with Crippen LogP contribution >= 0.6 is 0 Å². The van der Waals surface area contributed by atoms with Gasteiger partial charge in [0.25, 0.3) is 0 Å². The minimum atomic E-state index is 0.335. The molecule has 2 atom stereocenters. The third-order valence-corrected chi connectivity index (χ3v) is 3.92. The highest BCUT2D eigenvalue weighted by molar-refractivity contribution is 5.28. The van der Waals surface area contributed by atoms with E-state index in [0.29, 0.717) is 17.8 Å². The van der Waals surface area contributed by atoms with Crippen LogP contribution in [0.15, 0.2) is 24.3 Å². The lowest BCUT2D eigenvalue weighted by molar-refractivity contribution is 0.319. The van der Waals surface area contributed by atoms with Gasteiger partial charge < -0.3 is 10.4 Å². The first-order valence-corrected chi connectivity index (χ1v) is 7.17. The predicted molar refractivity (Wildman–Crippen MR) is 77.8 cm³/mol. The quantitative estimate of drug-likeness (QED) is 0.757. The molecule has 0 aliphatic rings. The number of hydrogen-bond acceptors (Lipinski definition) is 2. The Morgan fingerprint density at radius 2 is 1.56 bits per heavy atom. The number of phenols is 1. The van der Waals surface area contributed by atoms with Crippen molar-refractivity contribution >= 4 is 0 Å². The van der Waals surface area contributed by atoms with Gasteiger partial charge in [0.15, 0.2) is 0 Å². The second kappa shape index (κ2) is 7.42. The van der Waals surface area contributed by atoms with Crippen LogP contribution in [0.2, 0.25) is 0 Å². The molecule has 1 aromatic rings. The van der Waals surface area contributed by atoms with Crippen molar-refractivity contribution in [3.63, 3.8) is 0 Å². The van der Waals surface area contributed by atoms with Crippen LogP contribution < -0.4 is 5.32 Å². The second-order valence-electron chi connectivity index (χ2n) is 5.08. The summed E-state index contributed by atoms with van der Waals surface area (Å²) >= 11 is 0. The first-order chi connectivity index (χ1) is 8.62. The van der Waals surface area contributed by atoms with Gasteiger partial charge in [-0.2, -0.15) is 0 Å². The minimum absolute atomic E-state index is 0.335. The van der Waals surface area contributed by atoms with Gasteiger partial charge in [0.1, 0.15) is 5.75 Å². The summed E-state index contributed by atoms with van der Waals surface area (Å²) in [5, 5.41) is 13.1. The van der Waals surface area contributed by atoms with Gasteiger partial charge in [-0.05, 0) is 37.0 Å². The van der Waals surface area contributed by atoms with Gasteiger partial charge in [0.05, 0.1) is 0 Å². The fourth-order valence-corrected chi connectivity index (χ4v) is 2.61. The van der Waals surface area contributed by atoms with Crippen LogP contribution in [0, 0.1) is 5.92 Å². The van der Waals surface area contributed by atoms with Crippen LogP contribution in [-0.2, 0) is 0 Å². The minimum Gasteiger partial charge on any atom is -0.508 e. The molecule has 18 heavy (non-hydrogen) atoms. The molecule has 102 valence electrons. The lowest BCUT2D eigenvalue weighted by Gasteiger charge is -2.28. The molecule has 0 aliphatic heterocycles. The van der Waals surface area contributed by atoms with Crippen LogP contribution in [0.25, 0.3) is 0 Å². The van der Waals surface area contributed by atoms with E-state index >= 15 is 0 Å². The van der Waals surface area contributed by atoms with Crippen molar-refractivity contribution in [2.45, 2.75) is 59.0 Å². The topological polar surface area (TPSA) is 32.3 Å². The zero-order valence-electron chi connectivity index (χ0n) is 12.1. The molecule has 2 nitrogen and oxygen atoms in total. The van der Waals surface area contributed by atoms with Gasteiger partial charge in [0.2, 0.25) is 0 Å². The Kier molecular flexibility index (Phi) is 6.20. The number of aromatic hydroxyl groups is 1. The van der Waals surface area contributed by atoms with E-state index in [9.17, 15) is 5.11 Å². The van der Waals surface area contributed by atoms with Crippen molar-refractivity contribution in [2.24, 2.45) is 5.92 Å². The van der Waals surface area contributed by atoms with Gasteiger partial charge in [-0.15, -0.1) is 0 Å². The number of rotatable bonds is 7. The van der Waals surface area contributed by atoms with Crippen molar-refractivity contribution in [1.82, 2.24) is 5.32 Å². The Morgan fingerprint density at radius 3 is 2.00 bits per heavy atom. The Morgan fingerprint density at radius 1 is 1.00 bits per heavy atom. The van der Waals surface area contributed by atoms with Gasteiger partial charge in [0, 0.05) is 12.1 Å². The fraction of sp³-hybridized carbons (Fsp3) is 0.625. The largest absolute Gasteiger partial charge is 0.508 e. The summed E-state index contributed by atoms with van der Waals surface area (Å²) in [6.45, 7) is 8.99. The summed E-state index contributed by atoms with van der Waals surface area (Å²) < 4.78 is 0. The third kappa shape index (κ3) is 4.02. The van der Waals surface area contributed by atoms with Crippen molar-refractivity contribution in [3.05, 3.63) is 29.8 Å². The van der Waals surface area contributed by atoms with Crippen molar-refractivity contribution < 1.29 is 5.11 Å². The molecule has 0 saturated carbocycles. The molecule has 0 aliphatic carbocycles. The third-order valence-electron chi connectivity index (χ3n) is 3.92. The molecule has 1 aromatic carbocycles. The lowest BCUT2D eigenvalue weighted by atomic mass is 9.93. The van der Waals surface area contributed by atoms with E-state index in [1.165, 1.54) is 18.4 Å². The van der Waals surface area contributed by atoms with E-state index in [1.54, 1.807) is 12.1 Å². The Balaban J connectivity index is 2.69. The maximum Gasteiger partial charge on any atom is 0.115 e. The van der Waals surface area contributed by atoms with E-state index in [1.807, 2.05) is 12.1 Å². The fourth-order valence-electron chi connectivity index (χ4n) is 2.61. The summed E-state index contributed by atoms with van der Waals surface area (Å²) in [5.74, 6) is 1.07. The molecule has 2 heteroatoms. The average molecular weight is 249 g/mol. The molecule has 2 unspecified atom stereocenters. The summed E-state index contributed by atoms with van der Waals surface area (Å²) in [5.41, 5.74) is 1.26. The smallest absolute Gasteiger partial charge is 0.115 e. The van der Waals surface area contributed by atoms with Gasteiger partial charge in [-0.25, -0.2) is 0 Å². The lowest BCUT2D eigenvalue weighted by Crippen LogP contribution is -2.35. The van der Waals surface area contributed by atoms with Gasteiger partial charge in [-0.1, -0.05) is 45.7 Å². The summed E-state index contributed by atoms with van der Waals surface area (Å²) in [6, 6.07) is 8.45. The van der Waals surface area contributed by atoms with Crippen molar-refractivity contribution in [3.8, 4) is 5.75 Å². The molecule has 0 radical (unpaired) electrons. The molecule has 0 saturated heterocycles. The zero-order valence-corrected chi connectivity index (χ0v) is 12.1. The first-order valence-electron chi connectivity index (χ1n) is 7.17. The molecule has 0 aromatic heterocycles. The molecule has 0 spiro atoms. The maximum atomic E-state index is 9.34. The molecule has 0 heterocycles. The molecular formula is C16H27NO. The summed E-state index contributed by atoms with van der Waals surface area (Å²) in [6.07, 6.45) is 3.50. The van der Waals surface area contributed by atoms with Crippen molar-refractivity contribution in [1.29, 1.82) is 0 Å². The van der Waals surface area contributed by atoms with E-state index in [2.05, 4.69) is 33.0 Å². The monoisotopic (exact) mass is 249 g/mol. The van der Waals surface area contributed by atoms with Crippen molar-refractivity contribution in [2.75, 3.05) is 0 Å². The standard InChI is InChI=1S/C16H27NO/c1-5-13(6-2)12(4)17-16(7-3)14-8-10-15(18)11-9-14/h8-13,16-18H,5-7H2,1-4H3. The number of phenolic OH excluding ortho intramolecular Hbond substituents is 1. The number of hydrogen-bond donors (Lipinski definition) is 2. The van der Waals surface area contributed by atoms with Crippen LogP contribution in [-0.4, -0.2) is 11.1 Å². The highest BCUT2D eigenvalue weighted by Crippen LogP contribution is 2.22. The molecule has 0 amide bonds. The van der Waals surface area contributed by atoms with E-state index in [0.717, 1.165) is 12.3 Å². The van der Waals surface area contributed by atoms with E-state index < -0.39 is 0 Å². The van der Waals surface area contributed by atoms with Crippen LogP contribution in [0.1, 0.15) is 58.6 Å². The average Bonchev–Trinajstić information content (AvgIpc) is 2.38. The highest BCUT2D eigenvalue weighted by Gasteiger charge is 2.17. The van der Waals surface area contributed by atoms with Crippen LogP contribution in [0.3, 0.4) is 0 Å². The summed E-state index contributed by atoms with van der Waals surface area (Å²) in [7, 11) is 0. The number of benzene rings is 1. The molecule has 0 bridgehead atoms. The SMILES string of the molecule is CCC(NC(C)C(CC)CC)c1ccc(O)cc1. The Labute approximate surface area is 111 Å². The molecule has 0 fully saturated rings.